The second-order valence-corrected chi connectivity index (χ2v) is 7.57. The Bertz CT molecular complexity index is 1230. The van der Waals surface area contributed by atoms with Crippen LogP contribution in [0.5, 0.6) is 0 Å². The highest BCUT2D eigenvalue weighted by Gasteiger charge is 2.18. The van der Waals surface area contributed by atoms with E-state index in [9.17, 15) is 18.4 Å². The number of aryl methyl sites for hydroxylation is 1. The molecule has 3 aromatic heterocycles. The molecule has 0 aliphatic carbocycles. The maximum absolute atomic E-state index is 13.6. The normalized spacial score (nSPS) is 11.1. The van der Waals surface area contributed by atoms with Crippen molar-refractivity contribution in [1.29, 1.82) is 0 Å². The summed E-state index contributed by atoms with van der Waals surface area (Å²) in [7, 11) is 0. The predicted octanol–water partition coefficient (Wildman–Crippen LogP) is 3.14. The molecule has 3 heterocycles. The van der Waals surface area contributed by atoms with Gasteiger partial charge < -0.3 is 9.84 Å². The van der Waals surface area contributed by atoms with Crippen molar-refractivity contribution < 1.29 is 18.1 Å². The molecule has 30 heavy (non-hydrogen) atoms. The summed E-state index contributed by atoms with van der Waals surface area (Å²) in [6.07, 6.45) is 2.07. The van der Waals surface area contributed by atoms with Gasteiger partial charge in [0.15, 0.2) is 0 Å². The Kier molecular flexibility index (Phi) is 5.66. The van der Waals surface area contributed by atoms with E-state index in [1.165, 1.54) is 15.8 Å². The van der Waals surface area contributed by atoms with Crippen molar-refractivity contribution in [2.45, 2.75) is 19.4 Å². The summed E-state index contributed by atoms with van der Waals surface area (Å²) in [4.78, 5) is 30.1. The van der Waals surface area contributed by atoms with Gasteiger partial charge in [0.25, 0.3) is 11.3 Å². The minimum atomic E-state index is -0.801. The number of carbonyl (C=O) groups excluding carboxylic acids is 1. The monoisotopic (exact) mass is 430 g/mol. The van der Waals surface area contributed by atoms with E-state index in [0.29, 0.717) is 6.54 Å². The molecule has 154 valence electrons. The molecule has 0 radical (unpaired) electrons. The SMILES string of the molecule is O=C(CCn1cnc2onc(-c3cc(F)cc(F)c3)c2c1=O)NCCc1cccs1. The van der Waals surface area contributed by atoms with E-state index in [4.69, 9.17) is 4.52 Å². The number of nitrogens with one attached hydrogen (secondary N) is 1. The van der Waals surface area contributed by atoms with Crippen molar-refractivity contribution in [3.05, 3.63) is 68.9 Å². The smallest absolute Gasteiger partial charge is 0.266 e. The highest BCUT2D eigenvalue weighted by molar-refractivity contribution is 7.09. The summed E-state index contributed by atoms with van der Waals surface area (Å²) >= 11 is 1.62. The molecule has 4 rings (SSSR count). The van der Waals surface area contributed by atoms with E-state index in [1.54, 1.807) is 11.3 Å². The van der Waals surface area contributed by atoms with Crippen LogP contribution in [0.2, 0.25) is 0 Å². The van der Waals surface area contributed by atoms with Gasteiger partial charge in [0, 0.05) is 36.0 Å². The number of benzene rings is 1. The summed E-state index contributed by atoms with van der Waals surface area (Å²) in [6.45, 7) is 0.598. The molecule has 0 aliphatic heterocycles. The molecule has 1 amide bonds. The molecule has 1 aromatic carbocycles. The molecule has 10 heteroatoms. The summed E-state index contributed by atoms with van der Waals surface area (Å²) in [5.41, 5.74) is -0.492. The van der Waals surface area contributed by atoms with Gasteiger partial charge >= 0.3 is 0 Å². The summed E-state index contributed by atoms with van der Waals surface area (Å²) < 4.78 is 33.4. The highest BCUT2D eigenvalue weighted by Crippen LogP contribution is 2.25. The number of halogens is 2. The molecule has 0 spiro atoms. The summed E-state index contributed by atoms with van der Waals surface area (Å²) in [5.74, 6) is -1.80. The fourth-order valence-electron chi connectivity index (χ4n) is 3.02. The van der Waals surface area contributed by atoms with Crippen LogP contribution in [0.1, 0.15) is 11.3 Å². The second kappa shape index (κ2) is 8.54. The van der Waals surface area contributed by atoms with Crippen LogP contribution in [-0.2, 0) is 17.8 Å². The van der Waals surface area contributed by atoms with Crippen molar-refractivity contribution in [3.8, 4) is 11.3 Å². The highest BCUT2D eigenvalue weighted by atomic mass is 32.1. The van der Waals surface area contributed by atoms with Gasteiger partial charge in [-0.25, -0.2) is 13.8 Å². The Hall–Kier alpha value is -3.40. The van der Waals surface area contributed by atoms with Gasteiger partial charge in [0.1, 0.15) is 29.0 Å². The average Bonchev–Trinajstić information content (AvgIpc) is 3.37. The van der Waals surface area contributed by atoms with E-state index in [0.717, 1.165) is 24.6 Å². The molecule has 7 nitrogen and oxygen atoms in total. The predicted molar refractivity (Wildman–Crippen MR) is 107 cm³/mol. The van der Waals surface area contributed by atoms with Gasteiger partial charge in [-0.15, -0.1) is 11.3 Å². The number of fused-ring (bicyclic) bond motifs is 1. The fourth-order valence-corrected chi connectivity index (χ4v) is 3.73. The van der Waals surface area contributed by atoms with Crippen LogP contribution < -0.4 is 10.9 Å². The Morgan fingerprint density at radius 3 is 2.77 bits per heavy atom. The van der Waals surface area contributed by atoms with Crippen molar-refractivity contribution in [2.75, 3.05) is 6.54 Å². The lowest BCUT2D eigenvalue weighted by molar-refractivity contribution is -0.121. The van der Waals surface area contributed by atoms with Gasteiger partial charge in [0.2, 0.25) is 5.91 Å². The minimum Gasteiger partial charge on any atom is -0.356 e. The molecule has 0 fully saturated rings. The molecule has 4 aromatic rings. The van der Waals surface area contributed by atoms with Crippen molar-refractivity contribution >= 4 is 28.3 Å². The Labute approximate surface area is 173 Å². The van der Waals surface area contributed by atoms with Gasteiger partial charge in [-0.3, -0.25) is 14.2 Å². The average molecular weight is 430 g/mol. The molecule has 0 saturated carbocycles. The van der Waals surface area contributed by atoms with Crippen LogP contribution in [0.4, 0.5) is 8.78 Å². The first-order valence-corrected chi connectivity index (χ1v) is 9.99. The van der Waals surface area contributed by atoms with Crippen molar-refractivity contribution in [1.82, 2.24) is 20.0 Å². The number of hydrogen-bond acceptors (Lipinski definition) is 6. The van der Waals surface area contributed by atoms with Crippen LogP contribution in [0.25, 0.3) is 22.4 Å². The first-order chi connectivity index (χ1) is 14.5. The van der Waals surface area contributed by atoms with Crippen molar-refractivity contribution in [2.24, 2.45) is 0 Å². The number of carbonyl (C=O) groups is 1. The first-order valence-electron chi connectivity index (χ1n) is 9.11. The van der Waals surface area contributed by atoms with Crippen LogP contribution in [0.3, 0.4) is 0 Å². The zero-order valence-electron chi connectivity index (χ0n) is 15.6. The lowest BCUT2D eigenvalue weighted by Crippen LogP contribution is -2.28. The number of rotatable bonds is 7. The number of thiophene rings is 1. The Morgan fingerprint density at radius 2 is 2.03 bits per heavy atom. The van der Waals surface area contributed by atoms with Crippen LogP contribution >= 0.6 is 11.3 Å². The molecule has 0 aliphatic rings. The second-order valence-electron chi connectivity index (χ2n) is 6.54. The topological polar surface area (TPSA) is 90.0 Å². The van der Waals surface area contributed by atoms with Crippen molar-refractivity contribution in [3.63, 3.8) is 0 Å². The van der Waals surface area contributed by atoms with Gasteiger partial charge in [0.05, 0.1) is 0 Å². The molecule has 0 bridgehead atoms. The van der Waals surface area contributed by atoms with Gasteiger partial charge in [-0.05, 0) is 30.0 Å². The van der Waals surface area contributed by atoms with Crippen LogP contribution in [0.15, 0.2) is 51.4 Å². The largest absolute Gasteiger partial charge is 0.356 e. The van der Waals surface area contributed by atoms with E-state index < -0.39 is 17.2 Å². The standard InChI is InChI=1S/C20H16F2N4O3S/c21-13-8-12(9-14(22)10-13)18-17-19(29-25-18)24-11-26(20(17)28)6-4-16(27)23-5-3-15-2-1-7-30-15/h1-2,7-11H,3-6H2,(H,23,27). The van der Waals surface area contributed by atoms with Crippen LogP contribution in [-0.4, -0.2) is 27.2 Å². The Balaban J connectivity index is 1.49. The summed E-state index contributed by atoms with van der Waals surface area (Å²) in [6, 6.07) is 6.78. The molecule has 0 unspecified atom stereocenters. The number of nitrogens with zero attached hydrogens (tertiary/aromatic N) is 3. The number of aromatic nitrogens is 3. The molecular formula is C20H16F2N4O3S. The minimum absolute atomic E-state index is 0.000559. The molecule has 0 atom stereocenters. The third-order valence-corrected chi connectivity index (χ3v) is 5.39. The summed E-state index contributed by atoms with van der Waals surface area (Å²) in [5, 5.41) is 8.53. The van der Waals surface area contributed by atoms with E-state index >= 15 is 0 Å². The Morgan fingerprint density at radius 1 is 1.23 bits per heavy atom. The fraction of sp³-hybridized carbons (Fsp3) is 0.200. The third kappa shape index (κ3) is 4.28. The lowest BCUT2D eigenvalue weighted by Gasteiger charge is -2.06. The van der Waals surface area contributed by atoms with E-state index in [-0.39, 0.29) is 41.2 Å². The maximum Gasteiger partial charge on any atom is 0.266 e. The maximum atomic E-state index is 13.6. The van der Waals surface area contributed by atoms with E-state index in [2.05, 4.69) is 15.5 Å². The molecule has 1 N–H and O–H groups in total. The molecule has 0 saturated heterocycles. The van der Waals surface area contributed by atoms with E-state index in [1.807, 2.05) is 17.5 Å². The number of amides is 1. The number of hydrogen-bond donors (Lipinski definition) is 1. The van der Waals surface area contributed by atoms with Gasteiger partial charge in [-0.2, -0.15) is 0 Å². The van der Waals surface area contributed by atoms with Gasteiger partial charge in [-0.1, -0.05) is 11.2 Å². The third-order valence-electron chi connectivity index (χ3n) is 4.45. The zero-order valence-corrected chi connectivity index (χ0v) is 16.4. The van der Waals surface area contributed by atoms with Crippen LogP contribution in [0, 0.1) is 11.6 Å². The quantitative estimate of drug-likeness (QED) is 0.487. The zero-order chi connectivity index (χ0) is 21.1. The lowest BCUT2D eigenvalue weighted by atomic mass is 10.1. The first kappa shape index (κ1) is 19.9. The molecular weight excluding hydrogens is 414 g/mol.